The van der Waals surface area contributed by atoms with Crippen molar-refractivity contribution in [2.24, 2.45) is 0 Å². The van der Waals surface area contributed by atoms with Crippen LogP contribution in [0.15, 0.2) is 48.5 Å². The fourth-order valence-corrected chi connectivity index (χ4v) is 8.44. The summed E-state index contributed by atoms with van der Waals surface area (Å²) >= 11 is 0. The standard InChI is InChI=1S/C46H58/c1-27-21-39(45(9,10)11)35(37-25-29-23-31(43(3,4)5)15-17-33(29)41(27)37)19-20-36-38-26-30-24-32(44(6,7)8)16-18-34(30)42(38)28(2)22-40(36)46(12,13)14/h15-18,21-24H,19-20,25-26H2,1-14H3. The predicted molar refractivity (Wildman–Crippen MR) is 201 cm³/mol. The Labute approximate surface area is 281 Å². The zero-order valence-corrected chi connectivity index (χ0v) is 31.4. The molecule has 2 aliphatic rings. The average molecular weight is 611 g/mol. The number of rotatable bonds is 3. The highest BCUT2D eigenvalue weighted by molar-refractivity contribution is 5.83. The average Bonchev–Trinajstić information content (AvgIpc) is 3.50. The van der Waals surface area contributed by atoms with Crippen LogP contribution in [0, 0.1) is 13.8 Å². The maximum absolute atomic E-state index is 2.54. The Balaban J connectivity index is 1.48. The Bertz CT molecular complexity index is 1720. The van der Waals surface area contributed by atoms with E-state index in [9.17, 15) is 0 Å². The predicted octanol–water partition coefficient (Wildman–Crippen LogP) is 12.4. The van der Waals surface area contributed by atoms with E-state index in [2.05, 4.69) is 145 Å². The van der Waals surface area contributed by atoms with E-state index in [0.29, 0.717) is 0 Å². The maximum atomic E-state index is 2.54. The highest BCUT2D eigenvalue weighted by Crippen LogP contribution is 2.48. The van der Waals surface area contributed by atoms with E-state index in [1.807, 2.05) is 0 Å². The molecule has 0 radical (unpaired) electrons. The van der Waals surface area contributed by atoms with Crippen LogP contribution in [-0.4, -0.2) is 0 Å². The van der Waals surface area contributed by atoms with Crippen LogP contribution in [0.3, 0.4) is 0 Å². The number of benzene rings is 4. The third kappa shape index (κ3) is 5.59. The first kappa shape index (κ1) is 32.8. The summed E-state index contributed by atoms with van der Waals surface area (Å²) in [5, 5.41) is 0. The molecule has 0 saturated heterocycles. The number of hydrogen-bond donors (Lipinski definition) is 0. The number of aryl methyl sites for hydroxylation is 2. The Kier molecular flexibility index (Phi) is 7.63. The van der Waals surface area contributed by atoms with Gasteiger partial charge >= 0.3 is 0 Å². The molecule has 46 heavy (non-hydrogen) atoms. The number of fused-ring (bicyclic) bond motifs is 6. The minimum Gasteiger partial charge on any atom is -0.0579 e. The smallest absolute Gasteiger partial charge is 0.00104 e. The lowest BCUT2D eigenvalue weighted by Crippen LogP contribution is -2.19. The Morgan fingerprint density at radius 3 is 1.11 bits per heavy atom. The molecular weight excluding hydrogens is 553 g/mol. The molecule has 242 valence electrons. The zero-order chi connectivity index (χ0) is 33.7. The van der Waals surface area contributed by atoms with E-state index in [-0.39, 0.29) is 21.7 Å². The summed E-state index contributed by atoms with van der Waals surface area (Å²) in [7, 11) is 0. The summed E-state index contributed by atoms with van der Waals surface area (Å²) in [5.74, 6) is 0. The molecule has 0 fully saturated rings. The lowest BCUT2D eigenvalue weighted by molar-refractivity contribution is 0.573. The second-order valence-corrected chi connectivity index (χ2v) is 18.7. The van der Waals surface area contributed by atoms with Gasteiger partial charge in [-0.2, -0.15) is 0 Å². The molecule has 0 bridgehead atoms. The maximum Gasteiger partial charge on any atom is -0.00104 e. The van der Waals surface area contributed by atoms with Gasteiger partial charge in [-0.15, -0.1) is 0 Å². The molecule has 4 aromatic rings. The second kappa shape index (κ2) is 10.7. The van der Waals surface area contributed by atoms with Crippen LogP contribution < -0.4 is 0 Å². The van der Waals surface area contributed by atoms with Gasteiger partial charge in [0, 0.05) is 0 Å². The number of hydrogen-bond acceptors (Lipinski definition) is 0. The Morgan fingerprint density at radius 1 is 0.457 bits per heavy atom. The molecule has 0 spiro atoms. The normalized spacial score (nSPS) is 14.3. The van der Waals surface area contributed by atoms with Gasteiger partial charge in [0.2, 0.25) is 0 Å². The molecule has 0 heterocycles. The lowest BCUT2D eigenvalue weighted by Gasteiger charge is -2.29. The third-order valence-electron chi connectivity index (χ3n) is 10.9. The van der Waals surface area contributed by atoms with Crippen LogP contribution in [0.4, 0.5) is 0 Å². The first-order chi connectivity index (χ1) is 21.2. The Hall–Kier alpha value is -3.12. The molecule has 2 aliphatic carbocycles. The monoisotopic (exact) mass is 610 g/mol. The van der Waals surface area contributed by atoms with Crippen LogP contribution in [0.5, 0.6) is 0 Å². The SMILES string of the molecule is Cc1cc(C(C)(C)C)c(CCc2c(C(C)(C)C)cc(C)c3c2Cc2cc(C(C)(C)C)ccc2-3)c2c1-c1ccc(C(C)(C)C)cc1C2. The highest BCUT2D eigenvalue weighted by atomic mass is 14.4. The van der Waals surface area contributed by atoms with Crippen LogP contribution >= 0.6 is 0 Å². The molecule has 4 aromatic carbocycles. The van der Waals surface area contributed by atoms with Gasteiger partial charge < -0.3 is 0 Å². The van der Waals surface area contributed by atoms with Crippen LogP contribution in [0.2, 0.25) is 0 Å². The van der Waals surface area contributed by atoms with Gasteiger partial charge in [-0.05, 0) is 150 Å². The fourth-order valence-electron chi connectivity index (χ4n) is 8.44. The van der Waals surface area contributed by atoms with E-state index in [4.69, 9.17) is 0 Å². The van der Waals surface area contributed by atoms with Gasteiger partial charge in [0.25, 0.3) is 0 Å². The van der Waals surface area contributed by atoms with Crippen molar-refractivity contribution in [2.75, 3.05) is 0 Å². The molecule has 0 atom stereocenters. The molecule has 0 amide bonds. The van der Waals surface area contributed by atoms with Gasteiger partial charge in [-0.1, -0.05) is 132 Å². The summed E-state index contributed by atoms with van der Waals surface area (Å²) in [5.41, 5.74) is 24.6. The lowest BCUT2D eigenvalue weighted by atomic mass is 9.75. The van der Waals surface area contributed by atoms with Crippen molar-refractivity contribution in [2.45, 2.75) is 144 Å². The van der Waals surface area contributed by atoms with E-state index < -0.39 is 0 Å². The molecule has 0 heteroatoms. The summed E-state index contributed by atoms with van der Waals surface area (Å²) in [6.07, 6.45) is 4.26. The van der Waals surface area contributed by atoms with Crippen molar-refractivity contribution in [3.8, 4) is 22.3 Å². The summed E-state index contributed by atoms with van der Waals surface area (Å²) in [4.78, 5) is 0. The molecule has 0 nitrogen and oxygen atoms in total. The first-order valence-corrected chi connectivity index (χ1v) is 17.8. The topological polar surface area (TPSA) is 0 Å². The van der Waals surface area contributed by atoms with Crippen molar-refractivity contribution < 1.29 is 0 Å². The Morgan fingerprint density at radius 2 is 0.804 bits per heavy atom. The van der Waals surface area contributed by atoms with Crippen LogP contribution in [0.25, 0.3) is 22.3 Å². The minimum atomic E-state index is 0.0855. The molecule has 0 N–H and O–H groups in total. The van der Waals surface area contributed by atoms with E-state index in [0.717, 1.165) is 25.7 Å². The van der Waals surface area contributed by atoms with Crippen molar-refractivity contribution in [1.29, 1.82) is 0 Å². The molecule has 0 aliphatic heterocycles. The minimum absolute atomic E-state index is 0.0855. The van der Waals surface area contributed by atoms with E-state index in [1.54, 1.807) is 22.3 Å². The highest BCUT2D eigenvalue weighted by Gasteiger charge is 2.33. The van der Waals surface area contributed by atoms with Crippen LogP contribution in [-0.2, 0) is 47.3 Å². The fraction of sp³-hybridized carbons (Fsp3) is 0.478. The summed E-state index contributed by atoms with van der Waals surface area (Å²) in [6, 6.07) is 19.7. The van der Waals surface area contributed by atoms with Gasteiger partial charge in [-0.3, -0.25) is 0 Å². The zero-order valence-electron chi connectivity index (χ0n) is 31.4. The van der Waals surface area contributed by atoms with Gasteiger partial charge in [0.05, 0.1) is 0 Å². The van der Waals surface area contributed by atoms with Crippen molar-refractivity contribution in [3.63, 3.8) is 0 Å². The van der Waals surface area contributed by atoms with Crippen LogP contribution in [0.1, 0.15) is 150 Å². The molecular formula is C46H58. The summed E-state index contributed by atoms with van der Waals surface area (Å²) in [6.45, 7) is 33.1. The largest absolute Gasteiger partial charge is 0.0579 e. The third-order valence-corrected chi connectivity index (χ3v) is 10.9. The quantitative estimate of drug-likeness (QED) is 0.187. The summed E-state index contributed by atoms with van der Waals surface area (Å²) < 4.78 is 0. The van der Waals surface area contributed by atoms with Gasteiger partial charge in [0.1, 0.15) is 0 Å². The second-order valence-electron chi connectivity index (χ2n) is 18.7. The van der Waals surface area contributed by atoms with E-state index >= 15 is 0 Å². The van der Waals surface area contributed by atoms with E-state index in [1.165, 1.54) is 66.8 Å². The van der Waals surface area contributed by atoms with Gasteiger partial charge in [-0.25, -0.2) is 0 Å². The molecule has 6 rings (SSSR count). The van der Waals surface area contributed by atoms with Crippen molar-refractivity contribution in [3.05, 3.63) is 115 Å². The molecule has 0 unspecified atom stereocenters. The molecule has 0 aromatic heterocycles. The van der Waals surface area contributed by atoms with Gasteiger partial charge in [0.15, 0.2) is 0 Å². The van der Waals surface area contributed by atoms with Crippen molar-refractivity contribution in [1.82, 2.24) is 0 Å². The van der Waals surface area contributed by atoms with Crippen molar-refractivity contribution >= 4 is 0 Å². The first-order valence-electron chi connectivity index (χ1n) is 17.8. The molecule has 0 saturated carbocycles.